The van der Waals surface area contributed by atoms with Crippen molar-refractivity contribution in [3.8, 4) is 0 Å². The Morgan fingerprint density at radius 3 is 2.13 bits per heavy atom. The van der Waals surface area contributed by atoms with E-state index in [2.05, 4.69) is 63.4 Å². The van der Waals surface area contributed by atoms with Gasteiger partial charge in [0.15, 0.2) is 5.71 Å². The molecule has 0 saturated carbocycles. The molecule has 29 heteroatoms. The van der Waals surface area contributed by atoms with Gasteiger partial charge in [0.1, 0.15) is 11.4 Å². The average molecular weight is 1280 g/mol. The fourth-order valence-corrected chi connectivity index (χ4v) is 13.9. The van der Waals surface area contributed by atoms with Gasteiger partial charge in [0, 0.05) is 149 Å². The number of allylic oxidation sites excluding steroid dienone is 8. The molecule has 4 aliphatic rings. The SMILES string of the molecule is CC1(C)C(=CC=C2CCCC(C=CC3=[N+](CCCCCC(=O)NCCN4C(=O)C=CC4=O)c4ccc5c(S(=O)(=O)O)cc(SOOO)cc5c4C3(C)C)=C2Cl)N(CCCS(=O)(=O)O)c2ccc(N(CCCSOOO)CCCSOOO)cc21. The highest BCUT2D eigenvalue weighted by atomic mass is 35.5. The maximum Gasteiger partial charge on any atom is 0.295 e. The Balaban J connectivity index is 1.20. The van der Waals surface area contributed by atoms with E-state index in [4.69, 9.17) is 31.7 Å². The molecule has 0 saturated heterocycles. The Bertz CT molecular complexity index is 3320. The van der Waals surface area contributed by atoms with Gasteiger partial charge in [0.05, 0.1) is 23.2 Å². The van der Waals surface area contributed by atoms with E-state index in [-0.39, 0.29) is 53.6 Å². The van der Waals surface area contributed by atoms with Crippen molar-refractivity contribution in [3.63, 3.8) is 0 Å². The molecule has 3 amide bonds. The van der Waals surface area contributed by atoms with Gasteiger partial charge in [-0.2, -0.15) is 21.4 Å². The van der Waals surface area contributed by atoms with Crippen LogP contribution in [0.15, 0.2) is 111 Å². The molecule has 0 spiro atoms. The lowest BCUT2D eigenvalue weighted by atomic mass is 9.78. The van der Waals surface area contributed by atoms with E-state index in [0.29, 0.717) is 98.5 Å². The van der Waals surface area contributed by atoms with Crippen molar-refractivity contribution in [1.82, 2.24) is 10.2 Å². The molecule has 0 unspecified atom stereocenters. The number of anilines is 2. The molecule has 3 aliphatic heterocycles. The fourth-order valence-electron chi connectivity index (χ4n) is 11.2. The number of hydrogen-bond acceptors (Lipinski definition) is 21. The van der Waals surface area contributed by atoms with Crippen LogP contribution in [0.3, 0.4) is 0 Å². The third kappa shape index (κ3) is 16.9. The number of fused-ring (bicyclic) bond motifs is 4. The molecule has 1 aliphatic carbocycles. The summed E-state index contributed by atoms with van der Waals surface area (Å²) < 4.78 is 85.9. The van der Waals surface area contributed by atoms with Crippen LogP contribution in [0.25, 0.3) is 10.8 Å². The molecule has 0 fully saturated rings. The van der Waals surface area contributed by atoms with Gasteiger partial charge < -0.3 is 15.1 Å². The first-order valence-electron chi connectivity index (χ1n) is 27.0. The van der Waals surface area contributed by atoms with Crippen molar-refractivity contribution < 1.29 is 88.8 Å². The first-order valence-corrected chi connectivity index (χ1v) is 33.0. The highest BCUT2D eigenvalue weighted by Crippen LogP contribution is 2.50. The molecular formula is C55H69ClN5O18S5+. The minimum Gasteiger partial charge on any atom is -0.371 e. The molecule has 0 aromatic heterocycles. The van der Waals surface area contributed by atoms with Crippen LogP contribution in [0, 0.1) is 0 Å². The molecule has 6 N–H and O–H groups in total. The van der Waals surface area contributed by atoms with Crippen molar-refractivity contribution in [2.24, 2.45) is 0 Å². The molecule has 3 heterocycles. The molecule has 0 bridgehead atoms. The van der Waals surface area contributed by atoms with Crippen molar-refractivity contribution >= 4 is 119 Å². The molecule has 3 aromatic carbocycles. The van der Waals surface area contributed by atoms with Gasteiger partial charge in [0.2, 0.25) is 11.6 Å². The molecular weight excluding hydrogens is 1210 g/mol. The number of unbranched alkanes of at least 4 members (excludes halogenated alkanes) is 2. The Hall–Kier alpha value is -4.70. The third-order valence-corrected chi connectivity index (χ3v) is 19.0. The van der Waals surface area contributed by atoms with Crippen molar-refractivity contribution in [2.75, 3.05) is 66.3 Å². The lowest BCUT2D eigenvalue weighted by Crippen LogP contribution is -2.38. The molecule has 3 aromatic rings. The molecule has 84 heavy (non-hydrogen) atoms. The zero-order chi connectivity index (χ0) is 60.8. The van der Waals surface area contributed by atoms with Crippen LogP contribution in [0.5, 0.6) is 0 Å². The van der Waals surface area contributed by atoms with E-state index >= 15 is 0 Å². The van der Waals surface area contributed by atoms with Crippen LogP contribution in [0.4, 0.5) is 17.1 Å². The number of amides is 3. The van der Waals surface area contributed by atoms with Gasteiger partial charge in [-0.3, -0.25) is 28.4 Å². The van der Waals surface area contributed by atoms with Crippen LogP contribution < -0.4 is 15.1 Å². The summed E-state index contributed by atoms with van der Waals surface area (Å²) in [4.78, 5) is 41.8. The topological polar surface area (TPSA) is 301 Å². The molecule has 23 nitrogen and oxygen atoms in total. The van der Waals surface area contributed by atoms with Gasteiger partial charge in [-0.25, -0.2) is 15.8 Å². The Morgan fingerprint density at radius 2 is 1.48 bits per heavy atom. The van der Waals surface area contributed by atoms with Gasteiger partial charge in [-0.05, 0) is 130 Å². The number of carbonyl (C=O) groups is 3. The highest BCUT2D eigenvalue weighted by Gasteiger charge is 2.46. The van der Waals surface area contributed by atoms with E-state index in [1.165, 1.54) is 18.2 Å². The molecule has 0 radical (unpaired) electrons. The summed E-state index contributed by atoms with van der Waals surface area (Å²) in [7, 11) is -9.01. The largest absolute Gasteiger partial charge is 0.371 e. The Kier molecular flexibility index (Phi) is 24.1. The maximum atomic E-state index is 12.9. The average Bonchev–Trinajstić information content (AvgIpc) is 1.67. The Morgan fingerprint density at radius 1 is 0.786 bits per heavy atom. The van der Waals surface area contributed by atoms with Crippen molar-refractivity contribution in [3.05, 3.63) is 112 Å². The second kappa shape index (κ2) is 30.3. The minimum absolute atomic E-state index is 0.0672. The summed E-state index contributed by atoms with van der Waals surface area (Å²) in [5.74, 6) is -0.441. The van der Waals surface area contributed by atoms with Crippen LogP contribution in [0.1, 0.15) is 103 Å². The number of imide groups is 1. The summed E-state index contributed by atoms with van der Waals surface area (Å²) >= 11 is 9.90. The number of carbonyl (C=O) groups excluding carboxylic acids is 3. The number of benzene rings is 3. The van der Waals surface area contributed by atoms with Crippen LogP contribution in [-0.2, 0) is 73.6 Å². The number of nitrogens with one attached hydrogen (secondary N) is 1. The number of rotatable bonds is 33. The Labute approximate surface area is 506 Å². The van der Waals surface area contributed by atoms with Crippen molar-refractivity contribution in [2.45, 2.75) is 113 Å². The first-order chi connectivity index (χ1) is 40.0. The predicted molar refractivity (Wildman–Crippen MR) is 320 cm³/mol. The second-order valence-electron chi connectivity index (χ2n) is 21.2. The standard InChI is InChI=1S/C55H68ClN5O18S5/c1-54(2)43-34-39(58(26-9-31-80-77-74-65)27-10-32-81-78-75-66)17-19-44(43)59(29-11-33-83(68,69)70)47(54)21-15-37-12-8-13-38(53(37)56)16-22-48-55(3,4)52-42-35-40(82-79-76-67)36-46(84(71,72)73)41(42)18-20-45(52)60(48)28-7-5-6-14-49(62)57-25-30-61-50(63)23-24-51(61)64/h15-24,34-36H,5-14,25-33H2,1-4H3,(H5-,57,62,65,66,67,68,69,70,71,72,73)/p+1. The second-order valence-corrected chi connectivity index (χ2v) is 26.8. The minimum atomic E-state index is -4.76. The van der Waals surface area contributed by atoms with Gasteiger partial charge in [-0.15, -0.1) is 13.0 Å². The van der Waals surface area contributed by atoms with Crippen LogP contribution in [-0.4, -0.2) is 131 Å². The fraction of sp³-hybridized carbons (Fsp3) is 0.455. The highest BCUT2D eigenvalue weighted by molar-refractivity contribution is 7.95. The van der Waals surface area contributed by atoms with E-state index in [1.54, 1.807) is 12.1 Å². The zero-order valence-corrected chi connectivity index (χ0v) is 51.5. The van der Waals surface area contributed by atoms with Gasteiger partial charge in [0.25, 0.3) is 32.1 Å². The summed E-state index contributed by atoms with van der Waals surface area (Å²) in [5.41, 5.74) is 6.43. The van der Waals surface area contributed by atoms with Crippen LogP contribution in [0.2, 0.25) is 0 Å². The smallest absolute Gasteiger partial charge is 0.295 e. The first kappa shape index (κ1) is 66.8. The summed E-state index contributed by atoms with van der Waals surface area (Å²) in [6, 6.07) is 12.5. The summed E-state index contributed by atoms with van der Waals surface area (Å²) in [6.45, 7) is 10.4. The van der Waals surface area contributed by atoms with E-state index in [0.717, 1.165) is 86.2 Å². The maximum absolute atomic E-state index is 12.9. The summed E-state index contributed by atoms with van der Waals surface area (Å²) in [5, 5.41) is 41.6. The third-order valence-electron chi connectivity index (χ3n) is 15.0. The van der Waals surface area contributed by atoms with Crippen LogP contribution >= 0.6 is 47.7 Å². The van der Waals surface area contributed by atoms with E-state index in [1.807, 2.05) is 56.4 Å². The van der Waals surface area contributed by atoms with E-state index < -0.39 is 48.6 Å². The quantitative estimate of drug-likeness (QED) is 0.00628. The molecule has 7 rings (SSSR count). The van der Waals surface area contributed by atoms with Gasteiger partial charge in [-0.1, -0.05) is 52.7 Å². The lowest BCUT2D eigenvalue weighted by molar-refractivity contribution is -0.438. The lowest BCUT2D eigenvalue weighted by Gasteiger charge is -2.27. The van der Waals surface area contributed by atoms with Gasteiger partial charge >= 0.3 is 0 Å². The zero-order valence-electron chi connectivity index (χ0n) is 46.7. The van der Waals surface area contributed by atoms with Crippen molar-refractivity contribution in [1.29, 1.82) is 0 Å². The number of halogens is 1. The molecule has 0 atom stereocenters. The predicted octanol–water partition coefficient (Wildman–Crippen LogP) is 10.3. The monoisotopic (exact) mass is 1280 g/mol. The summed E-state index contributed by atoms with van der Waals surface area (Å²) in [6.07, 6.45) is 16.1. The van der Waals surface area contributed by atoms with E-state index in [9.17, 15) is 40.3 Å². The normalized spacial score (nSPS) is 17.8. The number of hydrogen-bond donors (Lipinski definition) is 6. The molecule has 458 valence electrons. The number of nitrogens with zero attached hydrogens (tertiary/aromatic N) is 4.